The maximum absolute atomic E-state index is 10.8. The highest BCUT2D eigenvalue weighted by molar-refractivity contribution is 5.87. The van der Waals surface area contributed by atoms with Crippen LogP contribution in [0.1, 0.15) is 40.5 Å². The van der Waals surface area contributed by atoms with Crippen molar-refractivity contribution in [2.45, 2.75) is 25.3 Å². The summed E-state index contributed by atoms with van der Waals surface area (Å²) in [7, 11) is 0. The predicted octanol–water partition coefficient (Wildman–Crippen LogP) is 1.90. The van der Waals surface area contributed by atoms with Crippen molar-refractivity contribution < 1.29 is 9.90 Å². The van der Waals surface area contributed by atoms with Crippen molar-refractivity contribution in [2.24, 2.45) is 0 Å². The first-order chi connectivity index (χ1) is 8.74. The zero-order valence-corrected chi connectivity index (χ0v) is 9.78. The minimum absolute atomic E-state index is 0.310. The predicted molar refractivity (Wildman–Crippen MR) is 64.5 cm³/mol. The van der Waals surface area contributed by atoms with Crippen LogP contribution in [0.4, 0.5) is 0 Å². The van der Waals surface area contributed by atoms with E-state index in [1.54, 1.807) is 18.5 Å². The van der Waals surface area contributed by atoms with Gasteiger partial charge in [-0.05, 0) is 30.5 Å². The SMILES string of the molecule is O=C(O)c1ccc(Cn2cnnc2C2CC2)cc1. The summed E-state index contributed by atoms with van der Waals surface area (Å²) >= 11 is 0. The number of aromatic nitrogens is 3. The average molecular weight is 243 g/mol. The van der Waals surface area contributed by atoms with Crippen LogP contribution in [0.3, 0.4) is 0 Å². The Balaban J connectivity index is 1.79. The van der Waals surface area contributed by atoms with E-state index in [-0.39, 0.29) is 0 Å². The van der Waals surface area contributed by atoms with Gasteiger partial charge in [0, 0.05) is 5.92 Å². The summed E-state index contributed by atoms with van der Waals surface area (Å²) in [5.74, 6) is 0.702. The van der Waals surface area contributed by atoms with Crippen molar-refractivity contribution in [2.75, 3.05) is 0 Å². The van der Waals surface area contributed by atoms with Gasteiger partial charge in [-0.1, -0.05) is 12.1 Å². The van der Waals surface area contributed by atoms with Crippen LogP contribution in [0.15, 0.2) is 30.6 Å². The summed E-state index contributed by atoms with van der Waals surface area (Å²) < 4.78 is 2.04. The van der Waals surface area contributed by atoms with Crippen LogP contribution in [0.25, 0.3) is 0 Å². The van der Waals surface area contributed by atoms with Gasteiger partial charge in [0.05, 0.1) is 12.1 Å². The highest BCUT2D eigenvalue weighted by Gasteiger charge is 2.28. The normalized spacial score (nSPS) is 14.7. The number of carboxylic acid groups (broad SMARTS) is 1. The third-order valence-corrected chi connectivity index (χ3v) is 3.14. The van der Waals surface area contributed by atoms with Crippen LogP contribution in [0.2, 0.25) is 0 Å². The fourth-order valence-electron chi connectivity index (χ4n) is 1.99. The van der Waals surface area contributed by atoms with Gasteiger partial charge in [-0.25, -0.2) is 4.79 Å². The Morgan fingerprint density at radius 2 is 2.06 bits per heavy atom. The van der Waals surface area contributed by atoms with E-state index in [0.29, 0.717) is 18.0 Å². The van der Waals surface area contributed by atoms with Crippen molar-refractivity contribution in [3.05, 3.63) is 47.5 Å². The Labute approximate surface area is 104 Å². The lowest BCUT2D eigenvalue weighted by molar-refractivity contribution is 0.0697. The smallest absolute Gasteiger partial charge is 0.335 e. The molecule has 1 aromatic carbocycles. The van der Waals surface area contributed by atoms with Crippen LogP contribution in [0.5, 0.6) is 0 Å². The van der Waals surface area contributed by atoms with Crippen LogP contribution in [0, 0.1) is 0 Å². The number of carbonyl (C=O) groups is 1. The van der Waals surface area contributed by atoms with Crippen LogP contribution < -0.4 is 0 Å². The van der Waals surface area contributed by atoms with Crippen molar-refractivity contribution in [3.8, 4) is 0 Å². The fraction of sp³-hybridized carbons (Fsp3) is 0.308. The van der Waals surface area contributed by atoms with E-state index in [9.17, 15) is 4.79 Å². The molecule has 1 N–H and O–H groups in total. The topological polar surface area (TPSA) is 68.0 Å². The molecule has 3 rings (SSSR count). The molecule has 0 atom stereocenters. The molecule has 2 aromatic rings. The zero-order valence-electron chi connectivity index (χ0n) is 9.78. The second-order valence-electron chi connectivity index (χ2n) is 4.59. The van der Waals surface area contributed by atoms with Gasteiger partial charge in [0.2, 0.25) is 0 Å². The Bertz CT molecular complexity index is 570. The van der Waals surface area contributed by atoms with Gasteiger partial charge < -0.3 is 9.67 Å². The summed E-state index contributed by atoms with van der Waals surface area (Å²) in [5.41, 5.74) is 1.37. The van der Waals surface area contributed by atoms with Crippen molar-refractivity contribution in [1.82, 2.24) is 14.8 Å². The van der Waals surface area contributed by atoms with Crippen molar-refractivity contribution in [1.29, 1.82) is 0 Å². The van der Waals surface area contributed by atoms with Crippen molar-refractivity contribution >= 4 is 5.97 Å². The van der Waals surface area contributed by atoms with E-state index in [1.165, 1.54) is 12.8 Å². The monoisotopic (exact) mass is 243 g/mol. The van der Waals surface area contributed by atoms with E-state index in [0.717, 1.165) is 11.4 Å². The zero-order chi connectivity index (χ0) is 12.5. The molecule has 1 fully saturated rings. The van der Waals surface area contributed by atoms with E-state index < -0.39 is 5.97 Å². The van der Waals surface area contributed by atoms with Gasteiger partial charge >= 0.3 is 5.97 Å². The minimum atomic E-state index is -0.899. The quantitative estimate of drug-likeness (QED) is 0.890. The highest BCUT2D eigenvalue weighted by Crippen LogP contribution is 2.38. The number of nitrogens with zero attached hydrogens (tertiary/aromatic N) is 3. The molecule has 1 heterocycles. The van der Waals surface area contributed by atoms with E-state index >= 15 is 0 Å². The van der Waals surface area contributed by atoms with Crippen LogP contribution >= 0.6 is 0 Å². The number of hydrogen-bond acceptors (Lipinski definition) is 3. The van der Waals surface area contributed by atoms with Crippen LogP contribution in [-0.2, 0) is 6.54 Å². The molecule has 1 saturated carbocycles. The lowest BCUT2D eigenvalue weighted by Crippen LogP contribution is -2.04. The van der Waals surface area contributed by atoms with E-state index in [4.69, 9.17) is 5.11 Å². The largest absolute Gasteiger partial charge is 0.478 e. The average Bonchev–Trinajstić information content (AvgIpc) is 3.11. The lowest BCUT2D eigenvalue weighted by atomic mass is 10.1. The Morgan fingerprint density at radius 3 is 2.67 bits per heavy atom. The Kier molecular flexibility index (Phi) is 2.59. The molecular formula is C13H13N3O2. The molecule has 1 aliphatic rings. The second-order valence-corrected chi connectivity index (χ2v) is 4.59. The van der Waals surface area contributed by atoms with E-state index in [1.807, 2.05) is 16.7 Å². The Hall–Kier alpha value is -2.17. The summed E-state index contributed by atoms with van der Waals surface area (Å²) in [6, 6.07) is 6.91. The minimum Gasteiger partial charge on any atom is -0.478 e. The maximum Gasteiger partial charge on any atom is 0.335 e. The molecule has 18 heavy (non-hydrogen) atoms. The molecule has 0 unspecified atom stereocenters. The molecule has 0 saturated heterocycles. The van der Waals surface area contributed by atoms with Gasteiger partial charge in [0.25, 0.3) is 0 Å². The Morgan fingerprint density at radius 1 is 1.33 bits per heavy atom. The lowest BCUT2D eigenvalue weighted by Gasteiger charge is -2.06. The summed E-state index contributed by atoms with van der Waals surface area (Å²) in [5, 5.41) is 16.9. The molecule has 1 aliphatic carbocycles. The molecule has 5 heteroatoms. The first-order valence-electron chi connectivity index (χ1n) is 5.94. The summed E-state index contributed by atoms with van der Waals surface area (Å²) in [4.78, 5) is 10.8. The first kappa shape index (κ1) is 11.0. The molecule has 0 spiro atoms. The molecule has 92 valence electrons. The van der Waals surface area contributed by atoms with Crippen molar-refractivity contribution in [3.63, 3.8) is 0 Å². The standard InChI is InChI=1S/C13H13N3O2/c17-13(18)11-3-1-9(2-4-11)7-16-8-14-15-12(16)10-5-6-10/h1-4,8,10H,5-7H2,(H,17,18). The van der Waals surface area contributed by atoms with Gasteiger partial charge in [-0.2, -0.15) is 0 Å². The maximum atomic E-state index is 10.8. The van der Waals surface area contributed by atoms with Gasteiger partial charge in [-0.15, -0.1) is 10.2 Å². The third-order valence-electron chi connectivity index (χ3n) is 3.14. The van der Waals surface area contributed by atoms with Crippen LogP contribution in [-0.4, -0.2) is 25.8 Å². The molecular weight excluding hydrogens is 230 g/mol. The molecule has 0 amide bonds. The highest BCUT2D eigenvalue weighted by atomic mass is 16.4. The molecule has 0 aliphatic heterocycles. The van der Waals surface area contributed by atoms with E-state index in [2.05, 4.69) is 10.2 Å². The number of hydrogen-bond donors (Lipinski definition) is 1. The summed E-state index contributed by atoms with van der Waals surface area (Å²) in [6.07, 6.45) is 4.12. The number of aromatic carboxylic acids is 1. The number of benzene rings is 1. The summed E-state index contributed by atoms with van der Waals surface area (Å²) in [6.45, 7) is 0.693. The molecule has 0 bridgehead atoms. The number of rotatable bonds is 4. The van der Waals surface area contributed by atoms with Gasteiger partial charge in [-0.3, -0.25) is 0 Å². The fourth-order valence-corrected chi connectivity index (χ4v) is 1.99. The number of carboxylic acids is 1. The molecule has 0 radical (unpaired) electrons. The molecule has 5 nitrogen and oxygen atoms in total. The third kappa shape index (κ3) is 2.11. The van der Waals surface area contributed by atoms with Gasteiger partial charge in [0.15, 0.2) is 0 Å². The molecule has 1 aromatic heterocycles. The van der Waals surface area contributed by atoms with Gasteiger partial charge in [0.1, 0.15) is 12.2 Å². The first-order valence-corrected chi connectivity index (χ1v) is 5.94. The second kappa shape index (κ2) is 4.25.